The molecule has 1 aromatic carbocycles. The molecule has 0 heterocycles. The molecule has 5 heteroatoms. The van der Waals surface area contributed by atoms with Gasteiger partial charge in [0.2, 0.25) is 10.0 Å². The molecule has 0 radical (unpaired) electrons. The van der Waals surface area contributed by atoms with Gasteiger partial charge in [0, 0.05) is 18.8 Å². The van der Waals surface area contributed by atoms with E-state index in [1.807, 2.05) is 20.8 Å². The van der Waals surface area contributed by atoms with E-state index in [9.17, 15) is 8.42 Å². The van der Waals surface area contributed by atoms with Gasteiger partial charge in [-0.3, -0.25) is 0 Å². The van der Waals surface area contributed by atoms with Crippen molar-refractivity contribution in [1.82, 2.24) is 4.72 Å². The van der Waals surface area contributed by atoms with Gasteiger partial charge < -0.3 is 5.32 Å². The lowest BCUT2D eigenvalue weighted by Gasteiger charge is -2.22. The second-order valence-electron chi connectivity index (χ2n) is 5.40. The maximum atomic E-state index is 12.1. The zero-order valence-corrected chi connectivity index (χ0v) is 13.0. The van der Waals surface area contributed by atoms with Crippen molar-refractivity contribution in [2.24, 2.45) is 5.41 Å². The molecule has 0 bridgehead atoms. The van der Waals surface area contributed by atoms with Crippen molar-refractivity contribution in [3.05, 3.63) is 24.3 Å². The van der Waals surface area contributed by atoms with Crippen molar-refractivity contribution in [1.29, 1.82) is 0 Å². The Morgan fingerprint density at radius 3 is 2.16 bits per heavy atom. The Hall–Kier alpha value is -1.07. The molecule has 1 aromatic rings. The van der Waals surface area contributed by atoms with E-state index in [4.69, 9.17) is 0 Å². The van der Waals surface area contributed by atoms with Crippen LogP contribution in [0.1, 0.15) is 34.1 Å². The third kappa shape index (κ3) is 4.84. The van der Waals surface area contributed by atoms with Crippen LogP contribution in [-0.2, 0) is 10.0 Å². The number of benzene rings is 1. The first kappa shape index (κ1) is 16.0. The number of hydrogen-bond acceptors (Lipinski definition) is 3. The van der Waals surface area contributed by atoms with E-state index in [1.165, 1.54) is 0 Å². The van der Waals surface area contributed by atoms with Gasteiger partial charge in [-0.1, -0.05) is 20.8 Å². The van der Waals surface area contributed by atoms with Crippen molar-refractivity contribution in [2.75, 3.05) is 18.4 Å². The van der Waals surface area contributed by atoms with Crippen molar-refractivity contribution in [3.63, 3.8) is 0 Å². The highest BCUT2D eigenvalue weighted by molar-refractivity contribution is 7.89. The maximum Gasteiger partial charge on any atom is 0.240 e. The summed E-state index contributed by atoms with van der Waals surface area (Å²) in [6, 6.07) is 6.81. The van der Waals surface area contributed by atoms with Crippen molar-refractivity contribution >= 4 is 15.7 Å². The molecule has 0 amide bonds. The van der Waals surface area contributed by atoms with E-state index >= 15 is 0 Å². The Balaban J connectivity index is 2.77. The van der Waals surface area contributed by atoms with Gasteiger partial charge in [0.25, 0.3) is 0 Å². The molecule has 0 saturated carbocycles. The quantitative estimate of drug-likeness (QED) is 0.809. The van der Waals surface area contributed by atoms with Crippen LogP contribution in [0.5, 0.6) is 0 Å². The van der Waals surface area contributed by atoms with E-state index in [0.717, 1.165) is 18.7 Å². The van der Waals surface area contributed by atoms with E-state index in [0.29, 0.717) is 11.4 Å². The molecule has 0 unspecified atom stereocenters. The first-order valence-electron chi connectivity index (χ1n) is 6.64. The summed E-state index contributed by atoms with van der Waals surface area (Å²) >= 11 is 0. The molecule has 0 atom stereocenters. The standard InChI is InChI=1S/C14H24N2O2S/c1-5-14(3,4)11-16-19(17,18)13-9-7-12(8-10-13)15-6-2/h7-10,15-16H,5-6,11H2,1-4H3. The maximum absolute atomic E-state index is 12.1. The summed E-state index contributed by atoms with van der Waals surface area (Å²) in [6.45, 7) is 9.40. The average Bonchev–Trinajstić information content (AvgIpc) is 2.38. The minimum Gasteiger partial charge on any atom is -0.385 e. The smallest absolute Gasteiger partial charge is 0.240 e. The van der Waals surface area contributed by atoms with E-state index in [-0.39, 0.29) is 5.41 Å². The predicted octanol–water partition coefficient (Wildman–Crippen LogP) is 2.83. The Morgan fingerprint density at radius 2 is 1.68 bits per heavy atom. The number of hydrogen-bond donors (Lipinski definition) is 2. The fourth-order valence-electron chi connectivity index (χ4n) is 1.45. The molecule has 1 rings (SSSR count). The Kier molecular flexibility index (Phi) is 5.38. The first-order valence-corrected chi connectivity index (χ1v) is 8.12. The molecule has 0 saturated heterocycles. The predicted molar refractivity (Wildman–Crippen MR) is 79.9 cm³/mol. The van der Waals surface area contributed by atoms with Crippen LogP contribution in [0.4, 0.5) is 5.69 Å². The van der Waals surface area contributed by atoms with Gasteiger partial charge in [0.15, 0.2) is 0 Å². The summed E-state index contributed by atoms with van der Waals surface area (Å²) in [7, 11) is -3.41. The fourth-order valence-corrected chi connectivity index (χ4v) is 2.70. The van der Waals surface area contributed by atoms with Crippen molar-refractivity contribution in [3.8, 4) is 0 Å². The molecule has 19 heavy (non-hydrogen) atoms. The second kappa shape index (κ2) is 6.39. The lowest BCUT2D eigenvalue weighted by molar-refractivity contribution is 0.350. The number of anilines is 1. The van der Waals surface area contributed by atoms with Crippen LogP contribution in [-0.4, -0.2) is 21.5 Å². The van der Waals surface area contributed by atoms with E-state index in [2.05, 4.69) is 17.0 Å². The molecule has 0 aliphatic rings. The van der Waals surface area contributed by atoms with Gasteiger partial charge in [0.1, 0.15) is 0 Å². The van der Waals surface area contributed by atoms with Gasteiger partial charge in [-0.25, -0.2) is 13.1 Å². The van der Waals surface area contributed by atoms with Crippen LogP contribution in [0.2, 0.25) is 0 Å². The normalized spacial score (nSPS) is 12.4. The minimum atomic E-state index is -3.41. The lowest BCUT2D eigenvalue weighted by atomic mass is 9.91. The minimum absolute atomic E-state index is 0.0310. The summed E-state index contributed by atoms with van der Waals surface area (Å²) in [6.07, 6.45) is 0.925. The topological polar surface area (TPSA) is 58.2 Å². The van der Waals surface area contributed by atoms with Gasteiger partial charge in [-0.2, -0.15) is 0 Å². The molecule has 0 spiro atoms. The average molecular weight is 284 g/mol. The monoisotopic (exact) mass is 284 g/mol. The Labute approximate surface area is 116 Å². The van der Waals surface area contributed by atoms with Crippen LogP contribution in [0.25, 0.3) is 0 Å². The van der Waals surface area contributed by atoms with Crippen LogP contribution in [0, 0.1) is 5.41 Å². The highest BCUT2D eigenvalue weighted by Crippen LogP contribution is 2.20. The van der Waals surface area contributed by atoms with Crippen LogP contribution >= 0.6 is 0 Å². The molecule has 108 valence electrons. The van der Waals surface area contributed by atoms with Gasteiger partial charge >= 0.3 is 0 Å². The summed E-state index contributed by atoms with van der Waals surface area (Å²) in [4.78, 5) is 0.307. The third-order valence-electron chi connectivity index (χ3n) is 3.24. The molecule has 4 nitrogen and oxygen atoms in total. The molecule has 2 N–H and O–H groups in total. The van der Waals surface area contributed by atoms with Crippen molar-refractivity contribution in [2.45, 2.75) is 39.0 Å². The van der Waals surface area contributed by atoms with Crippen LogP contribution < -0.4 is 10.0 Å². The highest BCUT2D eigenvalue weighted by atomic mass is 32.2. The zero-order valence-electron chi connectivity index (χ0n) is 12.2. The van der Waals surface area contributed by atoms with Gasteiger partial charge in [0.05, 0.1) is 4.90 Å². The van der Waals surface area contributed by atoms with Gasteiger partial charge in [-0.15, -0.1) is 0 Å². The molecular weight excluding hydrogens is 260 g/mol. The van der Waals surface area contributed by atoms with E-state index < -0.39 is 10.0 Å². The molecule has 0 aliphatic carbocycles. The number of rotatable bonds is 7. The number of nitrogens with one attached hydrogen (secondary N) is 2. The highest BCUT2D eigenvalue weighted by Gasteiger charge is 2.20. The van der Waals surface area contributed by atoms with Gasteiger partial charge in [-0.05, 0) is 43.0 Å². The summed E-state index contributed by atoms with van der Waals surface area (Å²) in [5.74, 6) is 0. The first-order chi connectivity index (χ1) is 8.80. The van der Waals surface area contributed by atoms with Crippen LogP contribution in [0.15, 0.2) is 29.2 Å². The molecular formula is C14H24N2O2S. The Morgan fingerprint density at radius 1 is 1.11 bits per heavy atom. The SMILES string of the molecule is CCNc1ccc(S(=O)(=O)NCC(C)(C)CC)cc1. The second-order valence-corrected chi connectivity index (χ2v) is 7.16. The summed E-state index contributed by atoms with van der Waals surface area (Å²) < 4.78 is 26.9. The molecule has 0 aliphatic heterocycles. The lowest BCUT2D eigenvalue weighted by Crippen LogP contribution is -2.33. The van der Waals surface area contributed by atoms with Crippen molar-refractivity contribution < 1.29 is 8.42 Å². The largest absolute Gasteiger partial charge is 0.385 e. The van der Waals surface area contributed by atoms with Crippen LogP contribution in [0.3, 0.4) is 0 Å². The third-order valence-corrected chi connectivity index (χ3v) is 4.66. The zero-order chi connectivity index (χ0) is 14.5. The Bertz CT molecular complexity index is 493. The van der Waals surface area contributed by atoms with E-state index in [1.54, 1.807) is 24.3 Å². The molecule has 0 fully saturated rings. The fraction of sp³-hybridized carbons (Fsp3) is 0.571. The summed E-state index contributed by atoms with van der Waals surface area (Å²) in [5, 5.41) is 3.14. The molecule has 0 aromatic heterocycles. The number of sulfonamides is 1. The summed E-state index contributed by atoms with van der Waals surface area (Å²) in [5.41, 5.74) is 0.895.